The highest BCUT2D eigenvalue weighted by Crippen LogP contribution is 2.20. The number of carbonyl (C=O) groups excluding carboxylic acids is 1. The van der Waals surface area contributed by atoms with Crippen LogP contribution >= 0.6 is 0 Å². The second kappa shape index (κ2) is 8.24. The van der Waals surface area contributed by atoms with Gasteiger partial charge in [-0.2, -0.15) is 9.50 Å². The molecule has 28 heavy (non-hydrogen) atoms. The first kappa shape index (κ1) is 19.6. The van der Waals surface area contributed by atoms with Crippen molar-refractivity contribution >= 4 is 17.6 Å². The molecule has 0 radical (unpaired) electrons. The number of nitrogen functional groups attached to an aromatic ring is 1. The van der Waals surface area contributed by atoms with Gasteiger partial charge in [-0.3, -0.25) is 4.79 Å². The molecular formula is C20H26N6O2. The van der Waals surface area contributed by atoms with E-state index in [9.17, 15) is 4.79 Å². The number of anilines is 1. The zero-order valence-corrected chi connectivity index (χ0v) is 16.7. The Morgan fingerprint density at radius 1 is 1.21 bits per heavy atom. The number of benzene rings is 1. The standard InChI is InChI=1S/C20H26N6O2/c1-12-5-7-17(28-4)15(11-12)9-10-22-18(27)8-6-16-13(2)23-20-24-19(21)25-26(20)14(16)3/h5,7,11H,6,8-10H2,1-4H3,(H2,21,25)(H,22,27). The Morgan fingerprint density at radius 3 is 2.75 bits per heavy atom. The Kier molecular flexibility index (Phi) is 5.77. The minimum Gasteiger partial charge on any atom is -0.496 e. The molecule has 8 heteroatoms. The van der Waals surface area contributed by atoms with Gasteiger partial charge in [-0.15, -0.1) is 5.10 Å². The van der Waals surface area contributed by atoms with E-state index in [2.05, 4.69) is 26.4 Å². The molecule has 0 saturated heterocycles. The Labute approximate surface area is 164 Å². The molecule has 2 aromatic heterocycles. The van der Waals surface area contributed by atoms with Crippen LogP contribution in [0.4, 0.5) is 5.95 Å². The van der Waals surface area contributed by atoms with E-state index in [1.165, 1.54) is 5.56 Å². The fourth-order valence-electron chi connectivity index (χ4n) is 3.35. The largest absolute Gasteiger partial charge is 0.496 e. The van der Waals surface area contributed by atoms with Crippen LogP contribution in [0.15, 0.2) is 18.2 Å². The maximum Gasteiger partial charge on any atom is 0.254 e. The number of amides is 1. The molecule has 0 atom stereocenters. The summed E-state index contributed by atoms with van der Waals surface area (Å²) < 4.78 is 7.01. The van der Waals surface area contributed by atoms with Crippen LogP contribution in [0.5, 0.6) is 5.75 Å². The maximum atomic E-state index is 12.3. The second-order valence-corrected chi connectivity index (χ2v) is 6.86. The quantitative estimate of drug-likeness (QED) is 0.646. The van der Waals surface area contributed by atoms with E-state index in [-0.39, 0.29) is 11.9 Å². The highest BCUT2D eigenvalue weighted by Gasteiger charge is 2.14. The lowest BCUT2D eigenvalue weighted by atomic mass is 10.1. The average molecular weight is 382 g/mol. The molecule has 3 aromatic rings. The molecule has 0 fully saturated rings. The van der Waals surface area contributed by atoms with Gasteiger partial charge < -0.3 is 15.8 Å². The normalized spacial score (nSPS) is 11.0. The highest BCUT2D eigenvalue weighted by molar-refractivity contribution is 5.76. The van der Waals surface area contributed by atoms with E-state index in [0.29, 0.717) is 25.2 Å². The summed E-state index contributed by atoms with van der Waals surface area (Å²) in [6.07, 6.45) is 1.68. The van der Waals surface area contributed by atoms with Crippen LogP contribution < -0.4 is 15.8 Å². The van der Waals surface area contributed by atoms with E-state index >= 15 is 0 Å². The zero-order valence-electron chi connectivity index (χ0n) is 16.7. The van der Waals surface area contributed by atoms with E-state index in [0.717, 1.165) is 34.7 Å². The number of hydrogen-bond donors (Lipinski definition) is 2. The van der Waals surface area contributed by atoms with E-state index < -0.39 is 0 Å². The molecule has 0 saturated carbocycles. The SMILES string of the molecule is COc1ccc(C)cc1CCNC(=O)CCc1c(C)nc2nc(N)nn2c1C. The highest BCUT2D eigenvalue weighted by atomic mass is 16.5. The number of carbonyl (C=O) groups is 1. The van der Waals surface area contributed by atoms with E-state index in [4.69, 9.17) is 10.5 Å². The van der Waals surface area contributed by atoms with E-state index in [1.54, 1.807) is 11.6 Å². The van der Waals surface area contributed by atoms with Gasteiger partial charge in [0.25, 0.3) is 5.78 Å². The molecular weight excluding hydrogens is 356 g/mol. The van der Waals surface area contributed by atoms with Crippen molar-refractivity contribution in [3.8, 4) is 5.75 Å². The molecule has 1 amide bonds. The maximum absolute atomic E-state index is 12.3. The van der Waals surface area contributed by atoms with Gasteiger partial charge in [-0.05, 0) is 50.8 Å². The number of hydrogen-bond acceptors (Lipinski definition) is 6. The van der Waals surface area contributed by atoms with Crippen molar-refractivity contribution in [3.05, 3.63) is 46.3 Å². The number of aryl methyl sites for hydroxylation is 3. The van der Waals surface area contributed by atoms with Crippen molar-refractivity contribution in [3.63, 3.8) is 0 Å². The molecule has 0 unspecified atom stereocenters. The third kappa shape index (κ3) is 4.21. The topological polar surface area (TPSA) is 107 Å². The number of methoxy groups -OCH3 is 1. The summed E-state index contributed by atoms with van der Waals surface area (Å²) >= 11 is 0. The van der Waals surface area contributed by atoms with Crippen molar-refractivity contribution in [2.45, 2.75) is 40.0 Å². The molecule has 148 valence electrons. The van der Waals surface area contributed by atoms with Crippen molar-refractivity contribution in [1.82, 2.24) is 24.9 Å². The summed E-state index contributed by atoms with van der Waals surface area (Å²) in [5.41, 5.74) is 10.7. The first-order valence-corrected chi connectivity index (χ1v) is 9.27. The predicted molar refractivity (Wildman–Crippen MR) is 107 cm³/mol. The van der Waals surface area contributed by atoms with Gasteiger partial charge in [0.05, 0.1) is 7.11 Å². The lowest BCUT2D eigenvalue weighted by Crippen LogP contribution is -2.26. The Balaban J connectivity index is 1.58. The minimum absolute atomic E-state index is 0.00335. The second-order valence-electron chi connectivity index (χ2n) is 6.86. The van der Waals surface area contributed by atoms with Crippen LogP contribution in [0, 0.1) is 20.8 Å². The summed E-state index contributed by atoms with van der Waals surface area (Å²) in [5.74, 6) is 1.52. The lowest BCUT2D eigenvalue weighted by molar-refractivity contribution is -0.121. The predicted octanol–water partition coefficient (Wildman–Crippen LogP) is 1.93. The third-order valence-corrected chi connectivity index (χ3v) is 4.82. The van der Waals surface area contributed by atoms with Gasteiger partial charge in [0.15, 0.2) is 0 Å². The number of fused-ring (bicyclic) bond motifs is 1. The number of ether oxygens (including phenoxy) is 1. The number of nitrogens with two attached hydrogens (primary N) is 1. The molecule has 1 aromatic carbocycles. The van der Waals surface area contributed by atoms with Crippen molar-refractivity contribution in [2.24, 2.45) is 0 Å². The van der Waals surface area contributed by atoms with Gasteiger partial charge in [-0.25, -0.2) is 4.98 Å². The number of rotatable bonds is 7. The van der Waals surface area contributed by atoms with Crippen LogP contribution in [-0.4, -0.2) is 39.1 Å². The molecule has 3 N–H and O–H groups in total. The Bertz CT molecular complexity index is 1010. The number of nitrogens with one attached hydrogen (secondary N) is 1. The fraction of sp³-hybridized carbons (Fsp3) is 0.400. The molecule has 0 bridgehead atoms. The van der Waals surface area contributed by atoms with Gasteiger partial charge in [0.1, 0.15) is 5.75 Å². The van der Waals surface area contributed by atoms with Crippen LogP contribution in [0.1, 0.15) is 34.5 Å². The minimum atomic E-state index is 0.00335. The van der Waals surface area contributed by atoms with Gasteiger partial charge in [0, 0.05) is 24.4 Å². The number of nitrogens with zero attached hydrogens (tertiary/aromatic N) is 4. The van der Waals surface area contributed by atoms with Gasteiger partial charge >= 0.3 is 0 Å². The molecule has 0 aliphatic rings. The van der Waals surface area contributed by atoms with Crippen LogP contribution in [0.25, 0.3) is 5.78 Å². The lowest BCUT2D eigenvalue weighted by Gasteiger charge is -2.12. The smallest absolute Gasteiger partial charge is 0.254 e. The van der Waals surface area contributed by atoms with Gasteiger partial charge in [-0.1, -0.05) is 17.7 Å². The molecule has 2 heterocycles. The monoisotopic (exact) mass is 382 g/mol. The molecule has 0 aliphatic carbocycles. The fourth-order valence-corrected chi connectivity index (χ4v) is 3.35. The van der Waals surface area contributed by atoms with Crippen LogP contribution in [0.2, 0.25) is 0 Å². The Hall–Kier alpha value is -3.16. The van der Waals surface area contributed by atoms with E-state index in [1.807, 2.05) is 32.9 Å². The van der Waals surface area contributed by atoms with Crippen LogP contribution in [0.3, 0.4) is 0 Å². The van der Waals surface area contributed by atoms with Gasteiger partial charge in [0.2, 0.25) is 11.9 Å². The molecule has 8 nitrogen and oxygen atoms in total. The summed E-state index contributed by atoms with van der Waals surface area (Å²) in [5, 5.41) is 7.14. The van der Waals surface area contributed by atoms with Crippen LogP contribution in [-0.2, 0) is 17.6 Å². The van der Waals surface area contributed by atoms with Crippen molar-refractivity contribution < 1.29 is 9.53 Å². The first-order chi connectivity index (χ1) is 13.4. The number of aromatic nitrogens is 4. The third-order valence-electron chi connectivity index (χ3n) is 4.82. The molecule has 0 spiro atoms. The molecule has 3 rings (SSSR count). The van der Waals surface area contributed by atoms with Crippen molar-refractivity contribution in [2.75, 3.05) is 19.4 Å². The summed E-state index contributed by atoms with van der Waals surface area (Å²) in [7, 11) is 1.66. The summed E-state index contributed by atoms with van der Waals surface area (Å²) in [6.45, 7) is 6.45. The molecule has 0 aliphatic heterocycles. The zero-order chi connectivity index (χ0) is 20.3. The summed E-state index contributed by atoms with van der Waals surface area (Å²) in [4.78, 5) is 20.8. The Morgan fingerprint density at radius 2 is 2.00 bits per heavy atom. The first-order valence-electron chi connectivity index (χ1n) is 9.27. The summed E-state index contributed by atoms with van der Waals surface area (Å²) in [6, 6.07) is 6.06. The average Bonchev–Trinajstić information content (AvgIpc) is 3.02. The van der Waals surface area contributed by atoms with Crippen molar-refractivity contribution in [1.29, 1.82) is 0 Å².